The van der Waals surface area contributed by atoms with Crippen molar-refractivity contribution in [1.29, 1.82) is 0 Å². The van der Waals surface area contributed by atoms with Crippen molar-refractivity contribution in [2.24, 2.45) is 0 Å². The number of methoxy groups -OCH3 is 1. The van der Waals surface area contributed by atoms with Crippen LogP contribution in [-0.4, -0.2) is 41.0 Å². The molecule has 1 saturated carbocycles. The molecule has 0 aliphatic heterocycles. The summed E-state index contributed by atoms with van der Waals surface area (Å²) in [6.45, 7) is 7.23. The van der Waals surface area contributed by atoms with E-state index in [-0.39, 0.29) is 23.4 Å². The Bertz CT molecular complexity index is 1440. The largest absolute Gasteiger partial charge is 0.377 e. The lowest BCUT2D eigenvalue weighted by Crippen LogP contribution is -2.44. The lowest BCUT2D eigenvalue weighted by molar-refractivity contribution is 0.00783. The van der Waals surface area contributed by atoms with Crippen molar-refractivity contribution in [3.63, 3.8) is 0 Å². The topological polar surface area (TPSA) is 125 Å². The highest BCUT2D eigenvalue weighted by Gasteiger charge is 2.41. The highest BCUT2D eigenvalue weighted by atomic mass is 32.2. The minimum atomic E-state index is -3.83. The molecule has 1 aliphatic rings. The number of hydrogen-bond donors (Lipinski definition) is 1. The standard InChI is InChI=1S/C22H28N4O6S/c1-14-10-15(32-23-14)12-25-19(27)17-11-16(33(29,30)24-22(4)8-9-22)6-7-18(17)26(20(25)28)13-21(2,3)31-5/h6-7,10-11,24H,8-9,12-13H2,1-5H3. The van der Waals surface area contributed by atoms with E-state index in [9.17, 15) is 18.0 Å². The second-order valence-electron chi connectivity index (χ2n) is 9.50. The van der Waals surface area contributed by atoms with E-state index in [1.807, 2.05) is 20.8 Å². The maximum atomic E-state index is 13.4. The van der Waals surface area contributed by atoms with Crippen LogP contribution in [0, 0.1) is 6.92 Å². The molecular weight excluding hydrogens is 448 g/mol. The second kappa shape index (κ2) is 7.93. The van der Waals surface area contributed by atoms with Crippen LogP contribution < -0.4 is 16.0 Å². The molecule has 1 fully saturated rings. The number of nitrogens with one attached hydrogen (secondary N) is 1. The lowest BCUT2D eigenvalue weighted by atomic mass is 10.1. The van der Waals surface area contributed by atoms with E-state index in [1.54, 1.807) is 13.0 Å². The van der Waals surface area contributed by atoms with Gasteiger partial charge in [-0.05, 0) is 58.7 Å². The smallest absolute Gasteiger partial charge is 0.332 e. The van der Waals surface area contributed by atoms with Crippen molar-refractivity contribution in [3.8, 4) is 0 Å². The molecule has 0 atom stereocenters. The fourth-order valence-electron chi connectivity index (χ4n) is 3.63. The summed E-state index contributed by atoms with van der Waals surface area (Å²) in [4.78, 5) is 26.7. The molecule has 0 radical (unpaired) electrons. The van der Waals surface area contributed by atoms with Gasteiger partial charge in [0.05, 0.1) is 40.2 Å². The van der Waals surface area contributed by atoms with Crippen molar-refractivity contribution < 1.29 is 17.7 Å². The van der Waals surface area contributed by atoms with E-state index in [0.717, 1.165) is 17.4 Å². The van der Waals surface area contributed by atoms with Gasteiger partial charge in [0.25, 0.3) is 5.56 Å². The number of nitrogens with zero attached hydrogens (tertiary/aromatic N) is 3. The molecule has 1 aromatic carbocycles. The van der Waals surface area contributed by atoms with Crippen molar-refractivity contribution in [3.05, 3.63) is 56.6 Å². The van der Waals surface area contributed by atoms with E-state index in [1.165, 1.54) is 29.9 Å². The van der Waals surface area contributed by atoms with Gasteiger partial charge in [0.1, 0.15) is 0 Å². The average Bonchev–Trinajstić information content (AvgIpc) is 3.31. The summed E-state index contributed by atoms with van der Waals surface area (Å²) in [6, 6.07) is 5.87. The van der Waals surface area contributed by atoms with Crippen LogP contribution in [-0.2, 0) is 27.8 Å². The van der Waals surface area contributed by atoms with Gasteiger partial charge in [-0.3, -0.25) is 13.9 Å². The molecule has 11 heteroatoms. The second-order valence-corrected chi connectivity index (χ2v) is 11.2. The monoisotopic (exact) mass is 476 g/mol. The first kappa shape index (κ1) is 23.4. The molecule has 178 valence electrons. The zero-order chi connectivity index (χ0) is 24.2. The van der Waals surface area contributed by atoms with Crippen molar-refractivity contribution in [2.75, 3.05) is 7.11 Å². The summed E-state index contributed by atoms with van der Waals surface area (Å²) < 4.78 is 41.7. The molecule has 2 heterocycles. The van der Waals surface area contributed by atoms with E-state index >= 15 is 0 Å². The molecule has 1 N–H and O–H groups in total. The Kier molecular flexibility index (Phi) is 5.62. The van der Waals surface area contributed by atoms with Crippen LogP contribution in [0.25, 0.3) is 10.9 Å². The molecule has 0 bridgehead atoms. The predicted molar refractivity (Wildman–Crippen MR) is 122 cm³/mol. The molecular formula is C22H28N4O6S. The van der Waals surface area contributed by atoms with Gasteiger partial charge in [-0.1, -0.05) is 5.16 Å². The highest BCUT2D eigenvalue weighted by molar-refractivity contribution is 7.89. The minimum absolute atomic E-state index is 0.0292. The Labute approximate surface area is 191 Å². The fourth-order valence-corrected chi connectivity index (χ4v) is 5.12. The lowest BCUT2D eigenvalue weighted by Gasteiger charge is -2.25. The molecule has 2 aromatic heterocycles. The Morgan fingerprint density at radius 1 is 1.21 bits per heavy atom. The number of sulfonamides is 1. The average molecular weight is 477 g/mol. The van der Waals surface area contributed by atoms with Crippen LogP contribution in [0.5, 0.6) is 0 Å². The SMILES string of the molecule is COC(C)(C)Cn1c(=O)n(Cc2cc(C)no2)c(=O)c2cc(S(=O)(=O)NC3(C)CC3)ccc21. The summed E-state index contributed by atoms with van der Waals surface area (Å²) in [5, 5.41) is 3.92. The van der Waals surface area contributed by atoms with Crippen LogP contribution in [0.15, 0.2) is 43.3 Å². The summed E-state index contributed by atoms with van der Waals surface area (Å²) >= 11 is 0. The zero-order valence-corrected chi connectivity index (χ0v) is 20.2. The summed E-state index contributed by atoms with van der Waals surface area (Å²) in [6.07, 6.45) is 1.52. The number of aryl methyl sites for hydroxylation is 1. The summed E-state index contributed by atoms with van der Waals surface area (Å²) in [5.41, 5.74) is -1.38. The Morgan fingerprint density at radius 3 is 2.48 bits per heavy atom. The minimum Gasteiger partial charge on any atom is -0.377 e. The first-order valence-electron chi connectivity index (χ1n) is 10.6. The van der Waals surface area contributed by atoms with Gasteiger partial charge in [0, 0.05) is 18.7 Å². The van der Waals surface area contributed by atoms with E-state index in [4.69, 9.17) is 9.26 Å². The number of benzene rings is 1. The van der Waals surface area contributed by atoms with Crippen molar-refractivity contribution >= 4 is 20.9 Å². The fraction of sp³-hybridized carbons (Fsp3) is 0.500. The van der Waals surface area contributed by atoms with E-state index in [2.05, 4.69) is 9.88 Å². The molecule has 0 amide bonds. The van der Waals surface area contributed by atoms with E-state index in [0.29, 0.717) is 17.0 Å². The van der Waals surface area contributed by atoms with Gasteiger partial charge in [-0.25, -0.2) is 17.9 Å². The van der Waals surface area contributed by atoms with Gasteiger partial charge in [-0.15, -0.1) is 0 Å². The maximum Gasteiger partial charge on any atom is 0.332 e. The number of aromatic nitrogens is 3. The molecule has 3 aromatic rings. The third kappa shape index (κ3) is 4.66. The van der Waals surface area contributed by atoms with Gasteiger partial charge >= 0.3 is 5.69 Å². The van der Waals surface area contributed by atoms with Gasteiger partial charge < -0.3 is 9.26 Å². The zero-order valence-electron chi connectivity index (χ0n) is 19.3. The van der Waals surface area contributed by atoms with Crippen molar-refractivity contribution in [2.45, 2.75) is 69.7 Å². The molecule has 1 aliphatic carbocycles. The predicted octanol–water partition coefficient (Wildman–Crippen LogP) is 1.76. The van der Waals surface area contributed by atoms with Crippen LogP contribution in [0.4, 0.5) is 0 Å². The summed E-state index contributed by atoms with van der Waals surface area (Å²) in [5.74, 6) is 0.343. The first-order chi connectivity index (χ1) is 15.3. The van der Waals surface area contributed by atoms with Gasteiger partial charge in [0.2, 0.25) is 10.0 Å². The molecule has 4 rings (SSSR count). The maximum absolute atomic E-state index is 13.4. The number of rotatable bonds is 8. The molecule has 0 saturated heterocycles. The normalized spacial score (nSPS) is 15.8. The van der Waals surface area contributed by atoms with Crippen LogP contribution in [0.3, 0.4) is 0 Å². The van der Waals surface area contributed by atoms with Gasteiger partial charge in [0.15, 0.2) is 5.76 Å². The number of ether oxygens (including phenoxy) is 1. The van der Waals surface area contributed by atoms with Crippen LogP contribution in [0.1, 0.15) is 45.1 Å². The third-order valence-electron chi connectivity index (χ3n) is 5.97. The third-order valence-corrected chi connectivity index (χ3v) is 7.61. The highest BCUT2D eigenvalue weighted by Crippen LogP contribution is 2.36. The molecule has 10 nitrogen and oxygen atoms in total. The Balaban J connectivity index is 1.92. The number of fused-ring (bicyclic) bond motifs is 1. The number of hydrogen-bond acceptors (Lipinski definition) is 7. The van der Waals surface area contributed by atoms with Crippen LogP contribution in [0.2, 0.25) is 0 Å². The quantitative estimate of drug-likeness (QED) is 0.525. The Morgan fingerprint density at radius 2 is 1.91 bits per heavy atom. The summed E-state index contributed by atoms with van der Waals surface area (Å²) in [7, 11) is -2.30. The molecule has 33 heavy (non-hydrogen) atoms. The van der Waals surface area contributed by atoms with Crippen molar-refractivity contribution in [1.82, 2.24) is 19.0 Å². The Hall–Kier alpha value is -2.76. The molecule has 0 spiro atoms. The van der Waals surface area contributed by atoms with Crippen LogP contribution >= 0.6 is 0 Å². The van der Waals surface area contributed by atoms with E-state index < -0.39 is 32.4 Å². The van der Waals surface area contributed by atoms with Gasteiger partial charge in [-0.2, -0.15) is 0 Å². The molecule has 0 unspecified atom stereocenters. The first-order valence-corrected chi connectivity index (χ1v) is 12.1.